The van der Waals surface area contributed by atoms with Crippen LogP contribution in [0.2, 0.25) is 0 Å². The third-order valence-electron chi connectivity index (χ3n) is 4.44. The molecule has 0 radical (unpaired) electrons. The van der Waals surface area contributed by atoms with Crippen molar-refractivity contribution in [3.8, 4) is 0 Å². The lowest BCUT2D eigenvalue weighted by molar-refractivity contribution is 0.286. The van der Waals surface area contributed by atoms with Crippen LogP contribution in [-0.2, 0) is 0 Å². The predicted molar refractivity (Wildman–Crippen MR) is 78.4 cm³/mol. The van der Waals surface area contributed by atoms with Crippen LogP contribution in [0.1, 0.15) is 103 Å². The van der Waals surface area contributed by atoms with Gasteiger partial charge in [-0.05, 0) is 5.92 Å². The molecule has 0 amide bonds. The molecule has 1 fully saturated rings. The largest absolute Gasteiger partial charge is 0.0654 e. The second-order valence-electron chi connectivity index (χ2n) is 6.12. The smallest absolute Gasteiger partial charge is 0.0414 e. The Labute approximate surface area is 110 Å². The Morgan fingerprint density at radius 2 is 1.12 bits per heavy atom. The molecule has 0 N–H and O–H groups in total. The quantitative estimate of drug-likeness (QED) is 0.341. The Kier molecular flexibility index (Phi) is 9.84. The van der Waals surface area contributed by atoms with Gasteiger partial charge in [0, 0.05) is 0 Å². The molecule has 0 heteroatoms. The maximum absolute atomic E-state index is 2.30. The summed E-state index contributed by atoms with van der Waals surface area (Å²) in [6.45, 7) is 2.30. The first-order valence-electron chi connectivity index (χ1n) is 8.43. The van der Waals surface area contributed by atoms with E-state index < -0.39 is 0 Å². The molecule has 0 heterocycles. The highest BCUT2D eigenvalue weighted by Gasteiger charge is 2.15. The van der Waals surface area contributed by atoms with Gasteiger partial charge in [-0.25, -0.2) is 0 Å². The average molecular weight is 238 g/mol. The highest BCUT2D eigenvalue weighted by atomic mass is 14.2. The molecule has 0 unspecified atom stereocenters. The van der Waals surface area contributed by atoms with Gasteiger partial charge >= 0.3 is 0 Å². The molecule has 0 saturated heterocycles. The van der Waals surface area contributed by atoms with Gasteiger partial charge in [0.25, 0.3) is 0 Å². The maximum Gasteiger partial charge on any atom is -0.0414 e. The van der Waals surface area contributed by atoms with Crippen molar-refractivity contribution in [3.63, 3.8) is 0 Å². The molecule has 0 aromatic rings. The molecule has 1 aliphatic carbocycles. The second kappa shape index (κ2) is 11.1. The van der Waals surface area contributed by atoms with Crippen LogP contribution in [0.25, 0.3) is 0 Å². The summed E-state index contributed by atoms with van der Waals surface area (Å²) in [4.78, 5) is 0. The molecule has 1 saturated carbocycles. The van der Waals surface area contributed by atoms with Crippen molar-refractivity contribution in [3.05, 3.63) is 0 Å². The molecule has 0 atom stereocenters. The molecule has 0 nitrogen and oxygen atoms in total. The van der Waals surface area contributed by atoms with Gasteiger partial charge in [0.2, 0.25) is 0 Å². The molecule has 0 bridgehead atoms. The zero-order valence-electron chi connectivity index (χ0n) is 12.2. The van der Waals surface area contributed by atoms with Crippen molar-refractivity contribution >= 4 is 0 Å². The third-order valence-corrected chi connectivity index (χ3v) is 4.44. The van der Waals surface area contributed by atoms with Crippen LogP contribution >= 0.6 is 0 Å². The molecule has 1 aliphatic rings. The van der Waals surface area contributed by atoms with Crippen LogP contribution in [-0.4, -0.2) is 0 Å². The van der Waals surface area contributed by atoms with Crippen LogP contribution in [0.15, 0.2) is 0 Å². The van der Waals surface area contributed by atoms with Crippen LogP contribution in [0.3, 0.4) is 0 Å². The fraction of sp³-hybridized carbons (Fsp3) is 1.00. The first kappa shape index (κ1) is 15.1. The van der Waals surface area contributed by atoms with Gasteiger partial charge < -0.3 is 0 Å². The van der Waals surface area contributed by atoms with E-state index >= 15 is 0 Å². The minimum absolute atomic E-state index is 1.13. The summed E-state index contributed by atoms with van der Waals surface area (Å²) in [5, 5.41) is 0. The molecule has 0 aliphatic heterocycles. The third kappa shape index (κ3) is 8.69. The fourth-order valence-electron chi connectivity index (χ4n) is 2.88. The molecular weight excluding hydrogens is 204 g/mol. The Morgan fingerprint density at radius 3 is 1.53 bits per heavy atom. The molecule has 102 valence electrons. The number of unbranched alkanes of at least 4 members (excludes halogenated alkanes) is 10. The molecule has 0 aromatic heterocycles. The van der Waals surface area contributed by atoms with E-state index in [4.69, 9.17) is 0 Å². The Bertz CT molecular complexity index is 146. The minimum Gasteiger partial charge on any atom is -0.0654 e. The van der Waals surface area contributed by atoms with E-state index in [1.54, 1.807) is 0 Å². The molecule has 0 spiro atoms. The summed E-state index contributed by atoms with van der Waals surface area (Å²) >= 11 is 0. The fourth-order valence-corrected chi connectivity index (χ4v) is 2.88. The topological polar surface area (TPSA) is 0 Å². The van der Waals surface area contributed by atoms with Crippen LogP contribution in [0, 0.1) is 5.92 Å². The first-order valence-corrected chi connectivity index (χ1v) is 8.43. The summed E-state index contributed by atoms with van der Waals surface area (Å²) in [7, 11) is 0. The molecular formula is C17H34. The standard InChI is InChI=1S/C17H34/c1-2-3-4-5-6-7-8-9-10-11-12-14-17-15-13-16-17/h17H,2-16H2,1H3. The first-order chi connectivity index (χ1) is 8.43. The maximum atomic E-state index is 2.30. The molecule has 1 rings (SSSR count). The lowest BCUT2D eigenvalue weighted by atomic mass is 9.81. The van der Waals surface area contributed by atoms with Crippen molar-refractivity contribution in [2.75, 3.05) is 0 Å². The van der Waals surface area contributed by atoms with E-state index in [1.165, 1.54) is 96.3 Å². The zero-order valence-corrected chi connectivity index (χ0v) is 12.2. The lowest BCUT2D eigenvalue weighted by Crippen LogP contribution is -2.10. The van der Waals surface area contributed by atoms with Crippen molar-refractivity contribution < 1.29 is 0 Å². The van der Waals surface area contributed by atoms with E-state index in [9.17, 15) is 0 Å². The van der Waals surface area contributed by atoms with Crippen LogP contribution in [0.5, 0.6) is 0 Å². The summed E-state index contributed by atoms with van der Waals surface area (Å²) in [6, 6.07) is 0. The van der Waals surface area contributed by atoms with Gasteiger partial charge in [-0.15, -0.1) is 0 Å². The summed E-state index contributed by atoms with van der Waals surface area (Å²) in [6.07, 6.45) is 22.4. The van der Waals surface area contributed by atoms with Crippen LogP contribution in [0.4, 0.5) is 0 Å². The highest BCUT2D eigenvalue weighted by molar-refractivity contribution is 4.69. The van der Waals surface area contributed by atoms with Gasteiger partial charge in [-0.2, -0.15) is 0 Å². The van der Waals surface area contributed by atoms with Gasteiger partial charge in [0.1, 0.15) is 0 Å². The van der Waals surface area contributed by atoms with E-state index in [1.807, 2.05) is 0 Å². The zero-order chi connectivity index (χ0) is 12.2. The lowest BCUT2D eigenvalue weighted by Gasteiger charge is -2.24. The van der Waals surface area contributed by atoms with Crippen molar-refractivity contribution in [2.24, 2.45) is 5.92 Å². The van der Waals surface area contributed by atoms with E-state index in [0.29, 0.717) is 0 Å². The number of hydrogen-bond acceptors (Lipinski definition) is 0. The van der Waals surface area contributed by atoms with Gasteiger partial charge in [-0.1, -0.05) is 103 Å². The number of hydrogen-bond donors (Lipinski definition) is 0. The SMILES string of the molecule is CCCCCCCCCCCCCC1CCC1. The normalized spacial score (nSPS) is 16.1. The Balaban J connectivity index is 1.64. The Morgan fingerprint density at radius 1 is 0.647 bits per heavy atom. The van der Waals surface area contributed by atoms with E-state index in [-0.39, 0.29) is 0 Å². The molecule has 17 heavy (non-hydrogen) atoms. The number of rotatable bonds is 12. The van der Waals surface area contributed by atoms with Crippen molar-refractivity contribution in [1.82, 2.24) is 0 Å². The molecule has 0 aromatic carbocycles. The highest BCUT2D eigenvalue weighted by Crippen LogP contribution is 2.31. The van der Waals surface area contributed by atoms with Gasteiger partial charge in [0.05, 0.1) is 0 Å². The summed E-state index contributed by atoms with van der Waals surface area (Å²) in [5.41, 5.74) is 0. The Hall–Kier alpha value is 0. The van der Waals surface area contributed by atoms with Gasteiger partial charge in [0.15, 0.2) is 0 Å². The summed E-state index contributed by atoms with van der Waals surface area (Å²) < 4.78 is 0. The average Bonchev–Trinajstić information content (AvgIpc) is 2.28. The summed E-state index contributed by atoms with van der Waals surface area (Å²) in [5.74, 6) is 1.13. The minimum atomic E-state index is 1.13. The second-order valence-corrected chi connectivity index (χ2v) is 6.12. The van der Waals surface area contributed by atoms with Crippen molar-refractivity contribution in [2.45, 2.75) is 103 Å². The van der Waals surface area contributed by atoms with Crippen molar-refractivity contribution in [1.29, 1.82) is 0 Å². The van der Waals surface area contributed by atoms with E-state index in [2.05, 4.69) is 6.92 Å². The van der Waals surface area contributed by atoms with Gasteiger partial charge in [-0.3, -0.25) is 0 Å². The monoisotopic (exact) mass is 238 g/mol. The predicted octanol–water partition coefficient (Wildman–Crippen LogP) is 6.49. The van der Waals surface area contributed by atoms with Crippen LogP contribution < -0.4 is 0 Å². The van der Waals surface area contributed by atoms with E-state index in [0.717, 1.165) is 5.92 Å².